The Balaban J connectivity index is 1.87. The molecular formula is C18H11F7N4O2. The van der Waals surface area contributed by atoms with Crippen molar-refractivity contribution in [2.75, 3.05) is 0 Å². The molecule has 1 aromatic heterocycles. The zero-order valence-electron chi connectivity index (χ0n) is 15.1. The zero-order valence-corrected chi connectivity index (χ0v) is 15.1. The van der Waals surface area contributed by atoms with Crippen molar-refractivity contribution in [2.24, 2.45) is 0 Å². The van der Waals surface area contributed by atoms with Gasteiger partial charge in [-0.25, -0.2) is 9.07 Å². The third-order valence-electron chi connectivity index (χ3n) is 3.86. The Morgan fingerprint density at radius 3 is 2.26 bits per heavy atom. The molecule has 0 saturated heterocycles. The summed E-state index contributed by atoms with van der Waals surface area (Å²) in [7, 11) is 0. The Morgan fingerprint density at radius 1 is 1.00 bits per heavy atom. The third-order valence-corrected chi connectivity index (χ3v) is 3.86. The lowest BCUT2D eigenvalue weighted by atomic mass is 10.2. The normalized spacial score (nSPS) is 12.0. The van der Waals surface area contributed by atoms with Crippen LogP contribution in [0.1, 0.15) is 21.7 Å². The lowest BCUT2D eigenvalue weighted by molar-refractivity contribution is -0.274. The molecule has 3 rings (SSSR count). The Hall–Kier alpha value is -3.64. The molecular weight excluding hydrogens is 437 g/mol. The van der Waals surface area contributed by atoms with Crippen LogP contribution in [-0.4, -0.2) is 27.3 Å². The summed E-state index contributed by atoms with van der Waals surface area (Å²) in [5, 5.41) is 8.63. The molecule has 2 aromatic carbocycles. The maximum Gasteiger partial charge on any atom is 0.573 e. The summed E-state index contributed by atoms with van der Waals surface area (Å²) in [5.74, 6) is -2.65. The Labute approximate surface area is 169 Å². The number of aromatic nitrogens is 3. The number of hydrogen-bond donors (Lipinski definition) is 1. The quantitative estimate of drug-likeness (QED) is 0.593. The highest BCUT2D eigenvalue weighted by Gasteiger charge is 2.42. The summed E-state index contributed by atoms with van der Waals surface area (Å²) < 4.78 is 95.4. The van der Waals surface area contributed by atoms with E-state index in [9.17, 15) is 35.5 Å². The number of ether oxygens (including phenoxy) is 1. The number of nitrogens with one attached hydrogen (secondary N) is 1. The summed E-state index contributed by atoms with van der Waals surface area (Å²) in [4.78, 5) is 12.3. The molecule has 6 nitrogen and oxygen atoms in total. The predicted molar refractivity (Wildman–Crippen MR) is 90.6 cm³/mol. The van der Waals surface area contributed by atoms with Gasteiger partial charge in [-0.05, 0) is 30.3 Å². The van der Waals surface area contributed by atoms with E-state index in [1.54, 1.807) is 0 Å². The van der Waals surface area contributed by atoms with Gasteiger partial charge in [0.15, 0.2) is 11.4 Å². The highest BCUT2D eigenvalue weighted by Crippen LogP contribution is 2.33. The van der Waals surface area contributed by atoms with Crippen molar-refractivity contribution in [1.82, 2.24) is 20.3 Å². The first-order valence-corrected chi connectivity index (χ1v) is 8.36. The number of amides is 1. The molecule has 0 aliphatic rings. The maximum atomic E-state index is 13.6. The average molecular weight is 448 g/mol. The van der Waals surface area contributed by atoms with Crippen molar-refractivity contribution in [2.45, 2.75) is 19.1 Å². The zero-order chi connectivity index (χ0) is 22.8. The largest absolute Gasteiger partial charge is 0.573 e. The highest BCUT2D eigenvalue weighted by atomic mass is 19.4. The van der Waals surface area contributed by atoms with Crippen molar-refractivity contribution in [3.05, 3.63) is 71.3 Å². The molecule has 0 bridgehead atoms. The summed E-state index contributed by atoms with van der Waals surface area (Å²) in [5.41, 5.74) is -2.97. The van der Waals surface area contributed by atoms with Gasteiger partial charge < -0.3 is 10.1 Å². The molecule has 1 heterocycles. The molecule has 1 N–H and O–H groups in total. The molecule has 0 fully saturated rings. The third kappa shape index (κ3) is 5.29. The molecule has 164 valence electrons. The molecule has 0 aliphatic heterocycles. The van der Waals surface area contributed by atoms with Gasteiger partial charge in [0.2, 0.25) is 0 Å². The molecule has 0 radical (unpaired) electrons. The van der Waals surface area contributed by atoms with Gasteiger partial charge in [0.25, 0.3) is 5.91 Å². The number of nitrogens with zero attached hydrogens (tertiary/aromatic N) is 3. The van der Waals surface area contributed by atoms with Crippen LogP contribution in [0.2, 0.25) is 0 Å². The van der Waals surface area contributed by atoms with E-state index in [0.29, 0.717) is 4.68 Å². The van der Waals surface area contributed by atoms with Gasteiger partial charge in [0, 0.05) is 12.1 Å². The van der Waals surface area contributed by atoms with Gasteiger partial charge in [-0.2, -0.15) is 13.2 Å². The van der Waals surface area contributed by atoms with Crippen molar-refractivity contribution >= 4 is 5.91 Å². The lowest BCUT2D eigenvalue weighted by Crippen LogP contribution is -2.27. The number of para-hydroxylation sites is 1. The Morgan fingerprint density at radius 2 is 1.65 bits per heavy atom. The number of halogens is 7. The van der Waals surface area contributed by atoms with E-state index in [-0.39, 0.29) is 11.3 Å². The van der Waals surface area contributed by atoms with E-state index in [0.717, 1.165) is 30.3 Å². The first kappa shape index (κ1) is 22.1. The van der Waals surface area contributed by atoms with Gasteiger partial charge >= 0.3 is 12.5 Å². The second-order valence-corrected chi connectivity index (χ2v) is 6.01. The van der Waals surface area contributed by atoms with Crippen LogP contribution in [0.25, 0.3) is 5.69 Å². The van der Waals surface area contributed by atoms with Crippen LogP contribution in [0.5, 0.6) is 5.75 Å². The SMILES string of the molecule is O=C(NCc1ccccc1OC(F)(F)F)c1nnn(-c2ccc(F)cc2)c1C(F)(F)F. The average Bonchev–Trinajstić information content (AvgIpc) is 3.12. The van der Waals surface area contributed by atoms with Crippen LogP contribution < -0.4 is 10.1 Å². The fourth-order valence-electron chi connectivity index (χ4n) is 2.59. The van der Waals surface area contributed by atoms with Crippen molar-refractivity contribution in [1.29, 1.82) is 0 Å². The maximum absolute atomic E-state index is 13.6. The first-order chi connectivity index (χ1) is 14.5. The second kappa shape index (κ2) is 8.24. The van der Waals surface area contributed by atoms with Crippen LogP contribution in [0.3, 0.4) is 0 Å². The first-order valence-electron chi connectivity index (χ1n) is 8.36. The predicted octanol–water partition coefficient (Wildman–Crippen LogP) is 4.25. The Kier molecular flexibility index (Phi) is 5.86. The van der Waals surface area contributed by atoms with Gasteiger partial charge in [-0.1, -0.05) is 23.4 Å². The monoisotopic (exact) mass is 448 g/mol. The smallest absolute Gasteiger partial charge is 0.405 e. The van der Waals surface area contributed by atoms with E-state index < -0.39 is 47.9 Å². The van der Waals surface area contributed by atoms with Crippen LogP contribution in [0.4, 0.5) is 30.7 Å². The van der Waals surface area contributed by atoms with Crippen molar-refractivity contribution in [3.63, 3.8) is 0 Å². The molecule has 3 aromatic rings. The molecule has 0 spiro atoms. The van der Waals surface area contributed by atoms with Crippen LogP contribution in [0, 0.1) is 5.82 Å². The van der Waals surface area contributed by atoms with Gasteiger partial charge in [-0.15, -0.1) is 18.3 Å². The topological polar surface area (TPSA) is 69.0 Å². The number of alkyl halides is 6. The summed E-state index contributed by atoms with van der Waals surface area (Å²) >= 11 is 0. The van der Waals surface area contributed by atoms with Crippen LogP contribution in [-0.2, 0) is 12.7 Å². The summed E-state index contributed by atoms with van der Waals surface area (Å²) in [6.07, 6.45) is -10.1. The Bertz CT molecular complexity index is 1080. The molecule has 0 atom stereocenters. The van der Waals surface area contributed by atoms with Crippen LogP contribution in [0.15, 0.2) is 48.5 Å². The molecule has 0 saturated carbocycles. The van der Waals surface area contributed by atoms with Gasteiger partial charge in [0.05, 0.1) is 5.69 Å². The minimum atomic E-state index is -5.07. The number of benzene rings is 2. The molecule has 31 heavy (non-hydrogen) atoms. The standard InChI is InChI=1S/C18H11F7N4O2/c19-11-5-7-12(8-6-11)29-15(17(20,21)22)14(27-28-29)16(30)26-9-10-3-1-2-4-13(10)31-18(23,24)25/h1-8H,9H2,(H,26,30). The molecule has 1 amide bonds. The molecule has 0 unspecified atom stereocenters. The fraction of sp³-hybridized carbons (Fsp3) is 0.167. The van der Waals surface area contributed by atoms with E-state index in [2.05, 4.69) is 20.4 Å². The number of carbonyl (C=O) groups excluding carboxylic acids is 1. The molecule has 13 heteroatoms. The van der Waals surface area contributed by atoms with Gasteiger partial charge in [-0.3, -0.25) is 4.79 Å². The number of carbonyl (C=O) groups is 1. The van der Waals surface area contributed by atoms with Crippen molar-refractivity contribution < 1.29 is 40.3 Å². The lowest BCUT2D eigenvalue weighted by Gasteiger charge is -2.14. The van der Waals surface area contributed by atoms with Gasteiger partial charge in [0.1, 0.15) is 11.6 Å². The van der Waals surface area contributed by atoms with E-state index >= 15 is 0 Å². The van der Waals surface area contributed by atoms with Crippen molar-refractivity contribution in [3.8, 4) is 11.4 Å². The van der Waals surface area contributed by atoms with E-state index in [1.807, 2.05) is 0 Å². The molecule has 0 aliphatic carbocycles. The van der Waals surface area contributed by atoms with E-state index in [4.69, 9.17) is 0 Å². The van der Waals surface area contributed by atoms with Crippen LogP contribution >= 0.6 is 0 Å². The minimum absolute atomic E-state index is 0.132. The summed E-state index contributed by atoms with van der Waals surface area (Å²) in [6, 6.07) is 8.60. The van der Waals surface area contributed by atoms with E-state index in [1.165, 1.54) is 18.2 Å². The fourth-order valence-corrected chi connectivity index (χ4v) is 2.59. The second-order valence-electron chi connectivity index (χ2n) is 6.01. The highest BCUT2D eigenvalue weighted by molar-refractivity contribution is 5.93. The number of rotatable bonds is 5. The minimum Gasteiger partial charge on any atom is -0.405 e. The summed E-state index contributed by atoms with van der Waals surface area (Å²) in [6.45, 7) is -0.578. The number of hydrogen-bond acceptors (Lipinski definition) is 4.